The van der Waals surface area contributed by atoms with Gasteiger partial charge in [-0.1, -0.05) is 0 Å². The number of benzene rings is 1. The summed E-state index contributed by atoms with van der Waals surface area (Å²) in [6, 6.07) is 9.58. The highest BCUT2D eigenvalue weighted by molar-refractivity contribution is 5.31. The van der Waals surface area contributed by atoms with Crippen LogP contribution in [0.4, 0.5) is 0 Å². The van der Waals surface area contributed by atoms with E-state index < -0.39 is 5.54 Å². The van der Waals surface area contributed by atoms with E-state index in [0.717, 1.165) is 11.5 Å². The van der Waals surface area contributed by atoms with Crippen LogP contribution >= 0.6 is 0 Å². The average molecular weight is 234 g/mol. The third-order valence-electron chi connectivity index (χ3n) is 2.28. The molecule has 0 unspecified atom stereocenters. The normalized spacial score (nSPS) is 10.7. The van der Waals surface area contributed by atoms with Gasteiger partial charge in [0.15, 0.2) is 0 Å². The van der Waals surface area contributed by atoms with Gasteiger partial charge in [0.1, 0.15) is 23.6 Å². The molecule has 0 amide bonds. The minimum atomic E-state index is -0.511. The number of rotatable bonds is 6. The molecule has 0 radical (unpaired) electrons. The molecule has 0 aromatic heterocycles. The van der Waals surface area contributed by atoms with Gasteiger partial charge in [0.25, 0.3) is 0 Å². The molecule has 4 heteroatoms. The van der Waals surface area contributed by atoms with Crippen LogP contribution in [0.25, 0.3) is 0 Å². The van der Waals surface area contributed by atoms with E-state index in [2.05, 4.69) is 11.4 Å². The minimum Gasteiger partial charge on any atom is -0.497 e. The van der Waals surface area contributed by atoms with E-state index in [9.17, 15) is 0 Å². The van der Waals surface area contributed by atoms with Crippen molar-refractivity contribution in [3.63, 3.8) is 0 Å². The first-order valence-electron chi connectivity index (χ1n) is 5.50. The van der Waals surface area contributed by atoms with Crippen LogP contribution in [0.2, 0.25) is 0 Å². The van der Waals surface area contributed by atoms with Crippen LogP contribution in [-0.2, 0) is 0 Å². The first kappa shape index (κ1) is 13.3. The Morgan fingerprint density at radius 2 is 1.82 bits per heavy atom. The molecule has 0 aliphatic heterocycles. The minimum absolute atomic E-state index is 0.511. The van der Waals surface area contributed by atoms with Crippen LogP contribution < -0.4 is 14.8 Å². The van der Waals surface area contributed by atoms with Crippen molar-refractivity contribution in [3.8, 4) is 17.6 Å². The zero-order valence-electron chi connectivity index (χ0n) is 10.5. The molecule has 1 N–H and O–H groups in total. The highest BCUT2D eigenvalue weighted by Crippen LogP contribution is 2.16. The molecule has 17 heavy (non-hydrogen) atoms. The number of hydrogen-bond acceptors (Lipinski definition) is 4. The molecule has 1 aromatic rings. The molecule has 1 aromatic carbocycles. The van der Waals surface area contributed by atoms with E-state index in [-0.39, 0.29) is 0 Å². The fourth-order valence-corrected chi connectivity index (χ4v) is 1.24. The Kier molecular flexibility index (Phi) is 4.80. The lowest BCUT2D eigenvalue weighted by atomic mass is 10.1. The summed E-state index contributed by atoms with van der Waals surface area (Å²) in [5, 5.41) is 11.9. The van der Waals surface area contributed by atoms with Gasteiger partial charge in [-0.3, -0.25) is 5.32 Å². The maximum atomic E-state index is 8.80. The Labute approximate surface area is 102 Å². The quantitative estimate of drug-likeness (QED) is 0.764. The highest BCUT2D eigenvalue weighted by Gasteiger charge is 2.14. The maximum Gasteiger partial charge on any atom is 0.119 e. The average Bonchev–Trinajstić information content (AvgIpc) is 2.35. The van der Waals surface area contributed by atoms with Crippen molar-refractivity contribution < 1.29 is 9.47 Å². The largest absolute Gasteiger partial charge is 0.497 e. The van der Waals surface area contributed by atoms with Gasteiger partial charge in [-0.15, -0.1) is 0 Å². The summed E-state index contributed by atoms with van der Waals surface area (Å²) in [4.78, 5) is 0. The van der Waals surface area contributed by atoms with E-state index in [1.54, 1.807) is 7.11 Å². The molecule has 0 aliphatic rings. The molecule has 0 saturated heterocycles. The molecular formula is C13H18N2O2. The third kappa shape index (κ3) is 4.75. The summed E-state index contributed by atoms with van der Waals surface area (Å²) in [5.41, 5.74) is -0.511. The maximum absolute atomic E-state index is 8.80. The molecule has 0 saturated carbocycles. The molecule has 0 spiro atoms. The van der Waals surface area contributed by atoms with Gasteiger partial charge in [-0.2, -0.15) is 5.26 Å². The lowest BCUT2D eigenvalue weighted by molar-refractivity contribution is 0.299. The molecule has 0 heterocycles. The number of hydrogen-bond donors (Lipinski definition) is 1. The summed E-state index contributed by atoms with van der Waals surface area (Å²) in [6.45, 7) is 4.82. The molecule has 0 fully saturated rings. The van der Waals surface area contributed by atoms with Gasteiger partial charge in [0.05, 0.1) is 13.2 Å². The van der Waals surface area contributed by atoms with Crippen LogP contribution in [0.1, 0.15) is 13.8 Å². The first-order chi connectivity index (χ1) is 8.07. The Morgan fingerprint density at radius 3 is 2.35 bits per heavy atom. The number of ether oxygens (including phenoxy) is 2. The molecular weight excluding hydrogens is 216 g/mol. The molecule has 0 aliphatic carbocycles. The summed E-state index contributed by atoms with van der Waals surface area (Å²) in [5.74, 6) is 1.60. The van der Waals surface area contributed by atoms with Crippen molar-refractivity contribution in [3.05, 3.63) is 24.3 Å². The molecule has 1 rings (SSSR count). The summed E-state index contributed by atoms with van der Waals surface area (Å²) in [7, 11) is 1.63. The van der Waals surface area contributed by atoms with E-state index >= 15 is 0 Å². The third-order valence-corrected chi connectivity index (χ3v) is 2.28. The second-order valence-corrected chi connectivity index (χ2v) is 4.19. The predicted molar refractivity (Wildman–Crippen MR) is 66.2 cm³/mol. The fraction of sp³-hybridized carbons (Fsp3) is 0.462. The molecule has 4 nitrogen and oxygen atoms in total. The Hall–Kier alpha value is -1.73. The van der Waals surface area contributed by atoms with Gasteiger partial charge in [-0.05, 0) is 38.1 Å². The Morgan fingerprint density at radius 1 is 1.24 bits per heavy atom. The van der Waals surface area contributed by atoms with Gasteiger partial charge in [0.2, 0.25) is 0 Å². The monoisotopic (exact) mass is 234 g/mol. The zero-order chi connectivity index (χ0) is 12.7. The number of nitrogens with zero attached hydrogens (tertiary/aromatic N) is 1. The number of nitrogens with one attached hydrogen (secondary N) is 1. The van der Waals surface area contributed by atoms with Gasteiger partial charge < -0.3 is 9.47 Å². The summed E-state index contributed by atoms with van der Waals surface area (Å²) < 4.78 is 10.6. The number of nitriles is 1. The first-order valence-corrected chi connectivity index (χ1v) is 5.50. The van der Waals surface area contributed by atoms with E-state index in [1.807, 2.05) is 38.1 Å². The molecule has 0 atom stereocenters. The standard InChI is InChI=1S/C13H18N2O2/c1-13(2,10-14)15-8-9-17-12-6-4-11(16-3)5-7-12/h4-7,15H,8-9H2,1-3H3. The molecule has 92 valence electrons. The lowest BCUT2D eigenvalue weighted by Gasteiger charge is -2.17. The SMILES string of the molecule is COc1ccc(OCCNC(C)(C)C#N)cc1. The van der Waals surface area contributed by atoms with Crippen molar-refractivity contribution in [1.82, 2.24) is 5.32 Å². The van der Waals surface area contributed by atoms with Crippen molar-refractivity contribution in [2.75, 3.05) is 20.3 Å². The zero-order valence-corrected chi connectivity index (χ0v) is 10.5. The van der Waals surface area contributed by atoms with E-state index in [0.29, 0.717) is 13.2 Å². The molecule has 0 bridgehead atoms. The van der Waals surface area contributed by atoms with Crippen molar-refractivity contribution in [2.24, 2.45) is 0 Å². The predicted octanol–water partition coefficient (Wildman–Crippen LogP) is 1.97. The van der Waals surface area contributed by atoms with Crippen LogP contribution in [0.15, 0.2) is 24.3 Å². The highest BCUT2D eigenvalue weighted by atomic mass is 16.5. The van der Waals surface area contributed by atoms with Gasteiger partial charge >= 0.3 is 0 Å². The number of methoxy groups -OCH3 is 1. The van der Waals surface area contributed by atoms with Crippen molar-refractivity contribution in [1.29, 1.82) is 5.26 Å². The van der Waals surface area contributed by atoms with E-state index in [4.69, 9.17) is 14.7 Å². The Bertz CT molecular complexity index is 379. The fourth-order valence-electron chi connectivity index (χ4n) is 1.24. The summed E-state index contributed by atoms with van der Waals surface area (Å²) in [6.07, 6.45) is 0. The van der Waals surface area contributed by atoms with Crippen molar-refractivity contribution >= 4 is 0 Å². The van der Waals surface area contributed by atoms with Gasteiger partial charge in [0, 0.05) is 6.54 Å². The van der Waals surface area contributed by atoms with Crippen LogP contribution in [0, 0.1) is 11.3 Å². The lowest BCUT2D eigenvalue weighted by Crippen LogP contribution is -2.40. The second kappa shape index (κ2) is 6.12. The van der Waals surface area contributed by atoms with Crippen molar-refractivity contribution in [2.45, 2.75) is 19.4 Å². The Balaban J connectivity index is 2.29. The van der Waals surface area contributed by atoms with Gasteiger partial charge in [-0.25, -0.2) is 0 Å². The summed E-state index contributed by atoms with van der Waals surface area (Å²) >= 11 is 0. The van der Waals surface area contributed by atoms with Crippen LogP contribution in [-0.4, -0.2) is 25.8 Å². The topological polar surface area (TPSA) is 54.3 Å². The van der Waals surface area contributed by atoms with Crippen LogP contribution in [0.3, 0.4) is 0 Å². The van der Waals surface area contributed by atoms with Crippen LogP contribution in [0.5, 0.6) is 11.5 Å². The smallest absolute Gasteiger partial charge is 0.119 e. The second-order valence-electron chi connectivity index (χ2n) is 4.19. The van der Waals surface area contributed by atoms with E-state index in [1.165, 1.54) is 0 Å².